The van der Waals surface area contributed by atoms with Gasteiger partial charge in [-0.3, -0.25) is 13.7 Å². The van der Waals surface area contributed by atoms with Crippen molar-refractivity contribution in [3.8, 4) is 5.75 Å². The van der Waals surface area contributed by atoms with Gasteiger partial charge in [0.25, 0.3) is 30.4 Å². The Kier molecular flexibility index (Phi) is 5.87. The van der Waals surface area contributed by atoms with Crippen molar-refractivity contribution >= 4 is 63.3 Å². The summed E-state index contributed by atoms with van der Waals surface area (Å²) in [6, 6.07) is 12.4. The number of aromatic hydroxyl groups is 1. The molecule has 0 saturated heterocycles. The fourth-order valence-electron chi connectivity index (χ4n) is 3.55. The van der Waals surface area contributed by atoms with E-state index >= 15 is 0 Å². The van der Waals surface area contributed by atoms with E-state index in [1.165, 1.54) is 12.1 Å². The van der Waals surface area contributed by atoms with Crippen LogP contribution in [0.4, 0.5) is 11.4 Å². The standard InChI is InChI=1S/C20H14N2O10S3/c23-19-12-5-2-1-4-11(12)10-17(34(27,28)29)18(19)22-21-15-9-8-13-14(20(15)35(30,31)32)6-3-7-16(13)33(24,25)26/h1-10,23H,(H,24,25,26)(H,27,28,29)(H,30,31,32). The van der Waals surface area contributed by atoms with Crippen molar-refractivity contribution in [3.05, 3.63) is 60.7 Å². The molecule has 0 saturated carbocycles. The smallest absolute Gasteiger partial charge is 0.297 e. The van der Waals surface area contributed by atoms with Gasteiger partial charge >= 0.3 is 0 Å². The number of hydrogen-bond donors (Lipinski definition) is 4. The van der Waals surface area contributed by atoms with Gasteiger partial charge in [-0.2, -0.15) is 25.3 Å². The van der Waals surface area contributed by atoms with E-state index in [4.69, 9.17) is 0 Å². The third-order valence-electron chi connectivity index (χ3n) is 4.98. The average molecular weight is 539 g/mol. The summed E-state index contributed by atoms with van der Waals surface area (Å²) in [4.78, 5) is -2.34. The molecule has 0 aromatic heterocycles. The van der Waals surface area contributed by atoms with Crippen molar-refractivity contribution in [2.24, 2.45) is 10.2 Å². The summed E-state index contributed by atoms with van der Waals surface area (Å²) >= 11 is 0. The normalized spacial score (nSPS) is 13.1. The second-order valence-corrected chi connectivity index (χ2v) is 11.3. The van der Waals surface area contributed by atoms with E-state index in [-0.39, 0.29) is 21.5 Å². The van der Waals surface area contributed by atoms with Crippen molar-refractivity contribution < 1.29 is 44.0 Å². The molecule has 4 rings (SSSR count). The molecule has 0 radical (unpaired) electrons. The molecule has 0 spiro atoms. The molecule has 0 aliphatic rings. The van der Waals surface area contributed by atoms with E-state index in [0.29, 0.717) is 0 Å². The molecule has 4 aromatic carbocycles. The first-order valence-corrected chi connectivity index (χ1v) is 13.7. The van der Waals surface area contributed by atoms with Crippen LogP contribution in [0.3, 0.4) is 0 Å². The van der Waals surface area contributed by atoms with E-state index in [2.05, 4.69) is 10.2 Å². The van der Waals surface area contributed by atoms with Gasteiger partial charge in [0, 0.05) is 16.2 Å². The molecular weight excluding hydrogens is 524 g/mol. The minimum absolute atomic E-state index is 0.153. The maximum atomic E-state index is 12.2. The summed E-state index contributed by atoms with van der Waals surface area (Å²) in [5, 5.41) is 17.7. The van der Waals surface area contributed by atoms with Gasteiger partial charge in [-0.1, -0.05) is 42.5 Å². The number of rotatable bonds is 5. The Morgan fingerprint density at radius 3 is 1.86 bits per heavy atom. The second kappa shape index (κ2) is 8.33. The summed E-state index contributed by atoms with van der Waals surface area (Å²) in [5.74, 6) is -0.678. The van der Waals surface area contributed by atoms with Gasteiger partial charge in [-0.15, -0.1) is 10.2 Å². The Morgan fingerprint density at radius 2 is 1.23 bits per heavy atom. The van der Waals surface area contributed by atoms with Gasteiger partial charge in [-0.05, 0) is 23.6 Å². The van der Waals surface area contributed by atoms with Gasteiger partial charge in [-0.25, -0.2) is 0 Å². The zero-order chi connectivity index (χ0) is 25.8. The molecule has 0 heterocycles. The van der Waals surface area contributed by atoms with Crippen LogP contribution in [-0.2, 0) is 30.4 Å². The fourth-order valence-corrected chi connectivity index (χ4v) is 5.75. The van der Waals surface area contributed by atoms with Crippen LogP contribution < -0.4 is 0 Å². The van der Waals surface area contributed by atoms with Gasteiger partial charge in [0.2, 0.25) is 0 Å². The lowest BCUT2D eigenvalue weighted by molar-refractivity contribution is 0.472. The highest BCUT2D eigenvalue weighted by Crippen LogP contribution is 2.42. The van der Waals surface area contributed by atoms with Crippen molar-refractivity contribution in [1.29, 1.82) is 0 Å². The van der Waals surface area contributed by atoms with E-state index in [0.717, 1.165) is 36.4 Å². The molecule has 0 unspecified atom stereocenters. The third kappa shape index (κ3) is 4.60. The lowest BCUT2D eigenvalue weighted by Crippen LogP contribution is -2.03. The maximum absolute atomic E-state index is 12.2. The summed E-state index contributed by atoms with van der Waals surface area (Å²) in [7, 11) is -14.8. The van der Waals surface area contributed by atoms with Crippen molar-refractivity contribution in [3.63, 3.8) is 0 Å². The first kappa shape index (κ1) is 24.6. The van der Waals surface area contributed by atoms with Crippen LogP contribution in [-0.4, -0.2) is 44.0 Å². The Balaban J connectivity index is 2.04. The molecule has 15 heteroatoms. The number of azo groups is 1. The van der Waals surface area contributed by atoms with Crippen molar-refractivity contribution in [2.75, 3.05) is 0 Å². The highest BCUT2D eigenvalue weighted by molar-refractivity contribution is 7.86. The minimum atomic E-state index is -5.07. The SMILES string of the molecule is O=S(=O)(O)c1cc2ccccc2c(O)c1N=Nc1ccc2c(S(=O)(=O)O)cccc2c1S(=O)(=O)O. The average Bonchev–Trinajstić information content (AvgIpc) is 2.75. The largest absolute Gasteiger partial charge is 0.505 e. The molecule has 4 aromatic rings. The number of fused-ring (bicyclic) bond motifs is 2. The molecule has 0 amide bonds. The van der Waals surface area contributed by atoms with Crippen LogP contribution in [0.5, 0.6) is 5.75 Å². The monoisotopic (exact) mass is 538 g/mol. The zero-order valence-corrected chi connectivity index (χ0v) is 19.6. The first-order valence-electron chi connectivity index (χ1n) is 9.34. The van der Waals surface area contributed by atoms with Gasteiger partial charge in [0.15, 0.2) is 5.75 Å². The molecule has 182 valence electrons. The Bertz CT molecular complexity index is 1880. The molecule has 0 atom stereocenters. The summed E-state index contributed by atoms with van der Waals surface area (Å²) in [6.07, 6.45) is 0. The van der Waals surface area contributed by atoms with E-state index in [1.54, 1.807) is 12.1 Å². The Hall–Kier alpha value is -3.47. The van der Waals surface area contributed by atoms with Crippen LogP contribution in [0.1, 0.15) is 0 Å². The molecule has 0 aliphatic heterocycles. The maximum Gasteiger partial charge on any atom is 0.297 e. The third-order valence-corrected chi connectivity index (χ3v) is 7.71. The Labute approximate surface area is 198 Å². The molecule has 0 bridgehead atoms. The van der Waals surface area contributed by atoms with Gasteiger partial charge < -0.3 is 5.11 Å². The number of nitrogens with zero attached hydrogens (tertiary/aromatic N) is 2. The number of hydrogen-bond acceptors (Lipinski definition) is 9. The summed E-state index contributed by atoms with van der Waals surface area (Å²) in [6.45, 7) is 0. The lowest BCUT2D eigenvalue weighted by atomic mass is 10.1. The predicted molar refractivity (Wildman–Crippen MR) is 123 cm³/mol. The highest BCUT2D eigenvalue weighted by Gasteiger charge is 2.25. The molecular formula is C20H14N2O10S3. The fraction of sp³-hybridized carbons (Fsp3) is 0. The van der Waals surface area contributed by atoms with Crippen LogP contribution in [0.25, 0.3) is 21.5 Å². The van der Waals surface area contributed by atoms with Crippen LogP contribution >= 0.6 is 0 Å². The topological polar surface area (TPSA) is 208 Å². The molecule has 0 fully saturated rings. The van der Waals surface area contributed by atoms with Crippen LogP contribution in [0.2, 0.25) is 0 Å². The number of benzene rings is 4. The first-order chi connectivity index (χ1) is 16.2. The Morgan fingerprint density at radius 1 is 0.600 bits per heavy atom. The van der Waals surface area contributed by atoms with Gasteiger partial charge in [0.1, 0.15) is 26.1 Å². The summed E-state index contributed by atoms with van der Waals surface area (Å²) in [5.41, 5.74) is -1.26. The summed E-state index contributed by atoms with van der Waals surface area (Å²) < 4.78 is 100. The lowest BCUT2D eigenvalue weighted by Gasteiger charge is -2.10. The van der Waals surface area contributed by atoms with Crippen molar-refractivity contribution in [2.45, 2.75) is 14.7 Å². The van der Waals surface area contributed by atoms with E-state index < -0.39 is 62.2 Å². The molecule has 35 heavy (non-hydrogen) atoms. The van der Waals surface area contributed by atoms with Gasteiger partial charge in [0.05, 0.1) is 0 Å². The van der Waals surface area contributed by atoms with E-state index in [1.807, 2.05) is 0 Å². The van der Waals surface area contributed by atoms with Crippen molar-refractivity contribution in [1.82, 2.24) is 0 Å². The molecule has 4 N–H and O–H groups in total. The van der Waals surface area contributed by atoms with Crippen LogP contribution in [0, 0.1) is 0 Å². The second-order valence-electron chi connectivity index (χ2n) is 7.18. The van der Waals surface area contributed by atoms with Crippen LogP contribution in [0.15, 0.2) is 85.6 Å². The minimum Gasteiger partial charge on any atom is -0.505 e. The quantitative estimate of drug-likeness (QED) is 0.213. The number of phenolic OH excluding ortho intramolecular Hbond substituents is 1. The predicted octanol–water partition coefficient (Wildman–Crippen LogP) is 3.85. The highest BCUT2D eigenvalue weighted by atomic mass is 32.2. The zero-order valence-electron chi connectivity index (χ0n) is 17.1. The number of phenols is 1. The molecule has 12 nitrogen and oxygen atoms in total. The molecule has 0 aliphatic carbocycles. The van der Waals surface area contributed by atoms with E-state index in [9.17, 15) is 44.0 Å².